The van der Waals surface area contributed by atoms with Gasteiger partial charge in [-0.25, -0.2) is 0 Å². The summed E-state index contributed by atoms with van der Waals surface area (Å²) in [7, 11) is 0. The Morgan fingerprint density at radius 2 is 1.92 bits per heavy atom. The van der Waals surface area contributed by atoms with Crippen LogP contribution in [0.2, 0.25) is 0 Å². The topological polar surface area (TPSA) is 52.6 Å². The molecule has 1 saturated heterocycles. The normalized spacial score (nSPS) is 28.2. The van der Waals surface area contributed by atoms with Gasteiger partial charge in [0.1, 0.15) is 5.54 Å². The van der Waals surface area contributed by atoms with Crippen LogP contribution in [-0.4, -0.2) is 33.8 Å². The van der Waals surface area contributed by atoms with Crippen LogP contribution in [0.1, 0.15) is 27.7 Å². The standard InChI is InChI=1S/C8H16N2O2/c1-7(2)5-9-6(11)8(3,4)10(7)12/h12H,5H2,1-4H3,(H,9,11). The van der Waals surface area contributed by atoms with E-state index in [4.69, 9.17) is 0 Å². The Morgan fingerprint density at radius 3 is 2.33 bits per heavy atom. The van der Waals surface area contributed by atoms with Gasteiger partial charge in [-0.3, -0.25) is 4.79 Å². The first-order valence-corrected chi connectivity index (χ1v) is 4.06. The van der Waals surface area contributed by atoms with E-state index in [9.17, 15) is 10.0 Å². The Labute approximate surface area is 72.5 Å². The third-order valence-electron chi connectivity index (χ3n) is 2.34. The molecule has 1 aliphatic heterocycles. The third-order valence-corrected chi connectivity index (χ3v) is 2.34. The van der Waals surface area contributed by atoms with Crippen LogP contribution >= 0.6 is 0 Å². The van der Waals surface area contributed by atoms with E-state index >= 15 is 0 Å². The fourth-order valence-corrected chi connectivity index (χ4v) is 1.44. The molecule has 0 aromatic carbocycles. The zero-order valence-electron chi connectivity index (χ0n) is 8.01. The zero-order chi connectivity index (χ0) is 9.57. The molecule has 0 aromatic rings. The van der Waals surface area contributed by atoms with Crippen molar-refractivity contribution in [3.63, 3.8) is 0 Å². The molecule has 0 spiro atoms. The van der Waals surface area contributed by atoms with E-state index in [0.717, 1.165) is 5.06 Å². The van der Waals surface area contributed by atoms with E-state index in [0.29, 0.717) is 6.54 Å². The highest BCUT2D eigenvalue weighted by molar-refractivity contribution is 5.86. The molecule has 1 aliphatic rings. The Balaban J connectivity index is 2.93. The summed E-state index contributed by atoms with van der Waals surface area (Å²) in [6.07, 6.45) is 0. The van der Waals surface area contributed by atoms with Crippen LogP contribution in [-0.2, 0) is 4.79 Å². The highest BCUT2D eigenvalue weighted by Crippen LogP contribution is 2.26. The van der Waals surface area contributed by atoms with Gasteiger partial charge < -0.3 is 10.5 Å². The van der Waals surface area contributed by atoms with Gasteiger partial charge in [-0.15, -0.1) is 0 Å². The van der Waals surface area contributed by atoms with Crippen molar-refractivity contribution in [2.45, 2.75) is 38.8 Å². The van der Waals surface area contributed by atoms with Gasteiger partial charge in [-0.1, -0.05) is 0 Å². The number of nitrogens with zero attached hydrogens (tertiary/aromatic N) is 1. The SMILES string of the molecule is CC1(C)CNC(=O)C(C)(C)N1O. The highest BCUT2D eigenvalue weighted by Gasteiger charge is 2.46. The van der Waals surface area contributed by atoms with Gasteiger partial charge in [0.2, 0.25) is 5.91 Å². The number of nitrogens with one attached hydrogen (secondary N) is 1. The van der Waals surface area contributed by atoms with Gasteiger partial charge in [0.25, 0.3) is 0 Å². The summed E-state index contributed by atoms with van der Waals surface area (Å²) in [5.41, 5.74) is -1.22. The summed E-state index contributed by atoms with van der Waals surface area (Å²) in [5, 5.41) is 13.6. The van der Waals surface area contributed by atoms with Gasteiger partial charge in [-0.2, -0.15) is 5.06 Å². The van der Waals surface area contributed by atoms with Crippen LogP contribution in [0.15, 0.2) is 0 Å². The monoisotopic (exact) mass is 172 g/mol. The first-order valence-electron chi connectivity index (χ1n) is 4.06. The lowest BCUT2D eigenvalue weighted by Crippen LogP contribution is -2.69. The minimum Gasteiger partial charge on any atom is -0.353 e. The highest BCUT2D eigenvalue weighted by atomic mass is 16.5. The maximum Gasteiger partial charge on any atom is 0.242 e. The Bertz CT molecular complexity index is 211. The van der Waals surface area contributed by atoms with E-state index in [-0.39, 0.29) is 5.91 Å². The molecule has 0 aromatic heterocycles. The zero-order valence-corrected chi connectivity index (χ0v) is 8.01. The van der Waals surface area contributed by atoms with Gasteiger partial charge in [0, 0.05) is 6.54 Å². The molecule has 0 unspecified atom stereocenters. The molecule has 0 saturated carbocycles. The number of amides is 1. The minimum atomic E-state index is -0.832. The van der Waals surface area contributed by atoms with Crippen molar-refractivity contribution in [3.8, 4) is 0 Å². The van der Waals surface area contributed by atoms with E-state index < -0.39 is 11.1 Å². The Morgan fingerprint density at radius 1 is 1.42 bits per heavy atom. The molecule has 1 rings (SSSR count). The number of rotatable bonds is 0. The fourth-order valence-electron chi connectivity index (χ4n) is 1.44. The number of piperazine rings is 1. The fraction of sp³-hybridized carbons (Fsp3) is 0.875. The maximum atomic E-state index is 11.3. The predicted molar refractivity (Wildman–Crippen MR) is 44.8 cm³/mol. The minimum absolute atomic E-state index is 0.135. The second-order valence-electron chi connectivity index (χ2n) is 4.37. The molecule has 1 fully saturated rings. The quantitative estimate of drug-likeness (QED) is 0.555. The van der Waals surface area contributed by atoms with Crippen LogP contribution in [0.5, 0.6) is 0 Å². The van der Waals surface area contributed by atoms with E-state index in [1.165, 1.54) is 0 Å². The van der Waals surface area contributed by atoms with Crippen molar-refractivity contribution in [2.24, 2.45) is 0 Å². The second kappa shape index (κ2) is 2.44. The van der Waals surface area contributed by atoms with Crippen molar-refractivity contribution in [1.82, 2.24) is 10.4 Å². The van der Waals surface area contributed by atoms with Gasteiger partial charge >= 0.3 is 0 Å². The predicted octanol–water partition coefficient (Wildman–Crippen LogP) is 0.365. The summed E-state index contributed by atoms with van der Waals surface area (Å²) in [4.78, 5) is 11.3. The van der Waals surface area contributed by atoms with Crippen molar-refractivity contribution in [1.29, 1.82) is 0 Å². The molecule has 0 atom stereocenters. The van der Waals surface area contributed by atoms with Crippen LogP contribution in [0.4, 0.5) is 0 Å². The third kappa shape index (κ3) is 1.21. The second-order valence-corrected chi connectivity index (χ2v) is 4.37. The first kappa shape index (κ1) is 9.48. The lowest BCUT2D eigenvalue weighted by atomic mass is 9.91. The molecule has 4 nitrogen and oxygen atoms in total. The van der Waals surface area contributed by atoms with E-state index in [1.54, 1.807) is 13.8 Å². The van der Waals surface area contributed by atoms with Crippen molar-refractivity contribution in [2.75, 3.05) is 6.54 Å². The summed E-state index contributed by atoms with van der Waals surface area (Å²) in [5.74, 6) is -0.135. The number of hydrogen-bond donors (Lipinski definition) is 2. The lowest BCUT2D eigenvalue weighted by molar-refractivity contribution is -0.231. The maximum absolute atomic E-state index is 11.3. The Hall–Kier alpha value is -0.610. The Kier molecular flexibility index (Phi) is 1.92. The summed E-state index contributed by atoms with van der Waals surface area (Å²) < 4.78 is 0. The van der Waals surface area contributed by atoms with E-state index in [2.05, 4.69) is 5.32 Å². The van der Waals surface area contributed by atoms with Crippen LogP contribution in [0.25, 0.3) is 0 Å². The molecule has 0 aliphatic carbocycles. The number of carbonyl (C=O) groups excluding carboxylic acids is 1. The summed E-state index contributed by atoms with van der Waals surface area (Å²) >= 11 is 0. The number of hydrogen-bond acceptors (Lipinski definition) is 3. The number of carbonyl (C=O) groups is 1. The van der Waals surface area contributed by atoms with Crippen LogP contribution < -0.4 is 5.32 Å². The van der Waals surface area contributed by atoms with Crippen molar-refractivity contribution >= 4 is 5.91 Å². The molecule has 0 radical (unpaired) electrons. The largest absolute Gasteiger partial charge is 0.353 e. The average molecular weight is 172 g/mol. The van der Waals surface area contributed by atoms with Crippen molar-refractivity contribution < 1.29 is 10.0 Å². The molecule has 2 N–H and O–H groups in total. The molecular formula is C8H16N2O2. The van der Waals surface area contributed by atoms with Crippen LogP contribution in [0, 0.1) is 0 Å². The summed E-state index contributed by atoms with van der Waals surface area (Å²) in [6, 6.07) is 0. The average Bonchev–Trinajstić information content (AvgIpc) is 1.96. The van der Waals surface area contributed by atoms with Gasteiger partial charge in [0.05, 0.1) is 5.54 Å². The van der Waals surface area contributed by atoms with Gasteiger partial charge in [0.15, 0.2) is 0 Å². The smallest absolute Gasteiger partial charge is 0.242 e. The molecule has 70 valence electrons. The van der Waals surface area contributed by atoms with E-state index in [1.807, 2.05) is 13.8 Å². The van der Waals surface area contributed by atoms with Crippen LogP contribution in [0.3, 0.4) is 0 Å². The number of hydroxylamine groups is 2. The molecule has 0 bridgehead atoms. The molecule has 1 amide bonds. The molecular weight excluding hydrogens is 156 g/mol. The van der Waals surface area contributed by atoms with Crippen molar-refractivity contribution in [3.05, 3.63) is 0 Å². The van der Waals surface area contributed by atoms with Gasteiger partial charge in [-0.05, 0) is 27.7 Å². The molecule has 4 heteroatoms. The summed E-state index contributed by atoms with van der Waals surface area (Å²) in [6.45, 7) is 7.64. The first-order chi connectivity index (χ1) is 5.28. The molecule has 1 heterocycles. The lowest BCUT2D eigenvalue weighted by Gasteiger charge is -2.47. The molecule has 12 heavy (non-hydrogen) atoms.